The van der Waals surface area contributed by atoms with Gasteiger partial charge in [-0.25, -0.2) is 16.8 Å². The summed E-state index contributed by atoms with van der Waals surface area (Å²) in [6.07, 6.45) is -1.95. The van der Waals surface area contributed by atoms with Crippen LogP contribution >= 0.6 is 0 Å². The van der Waals surface area contributed by atoms with Crippen LogP contribution in [0.5, 0.6) is 0 Å². The first-order valence-electron chi connectivity index (χ1n) is 5.06. The lowest BCUT2D eigenvalue weighted by molar-refractivity contribution is -0.184. The van der Waals surface area contributed by atoms with E-state index in [1.54, 1.807) is 0 Å². The molecule has 16 heavy (non-hydrogen) atoms. The zero-order chi connectivity index (χ0) is 11.6. The number of fused-ring (bicyclic) bond motifs is 2. The van der Waals surface area contributed by atoms with Gasteiger partial charge in [-0.05, 0) is 0 Å². The number of hydrogen-bond acceptors (Lipinski definition) is 6. The Balaban J connectivity index is 1.83. The summed E-state index contributed by atoms with van der Waals surface area (Å²) in [6, 6.07) is 0. The lowest BCUT2D eigenvalue weighted by Crippen LogP contribution is -2.47. The van der Waals surface area contributed by atoms with Crippen molar-refractivity contribution in [1.82, 2.24) is 0 Å². The molecular weight excluding hydrogens is 256 g/mol. The molecule has 0 unspecified atom stereocenters. The molecule has 6 nitrogen and oxygen atoms in total. The van der Waals surface area contributed by atoms with Crippen LogP contribution < -0.4 is 0 Å². The van der Waals surface area contributed by atoms with Gasteiger partial charge in [0.2, 0.25) is 0 Å². The van der Waals surface area contributed by atoms with Crippen LogP contribution in [0, 0.1) is 0 Å². The molecule has 0 aromatic carbocycles. The zero-order valence-corrected chi connectivity index (χ0v) is 10.0. The Morgan fingerprint density at radius 2 is 0.875 bits per heavy atom. The van der Waals surface area contributed by atoms with Crippen molar-refractivity contribution in [1.29, 1.82) is 0 Å². The van der Waals surface area contributed by atoms with Crippen LogP contribution in [0.4, 0.5) is 0 Å². The first-order valence-corrected chi connectivity index (χ1v) is 8.71. The van der Waals surface area contributed by atoms with Crippen molar-refractivity contribution < 1.29 is 26.3 Å². The molecule has 0 aromatic rings. The maximum absolute atomic E-state index is 11.4. The van der Waals surface area contributed by atoms with Crippen LogP contribution in [0.3, 0.4) is 0 Å². The molecule has 0 aliphatic carbocycles. The van der Waals surface area contributed by atoms with Crippen LogP contribution in [0.1, 0.15) is 0 Å². The summed E-state index contributed by atoms with van der Waals surface area (Å²) in [7, 11) is -6.18. The number of rotatable bonds is 0. The van der Waals surface area contributed by atoms with Gasteiger partial charge in [-0.2, -0.15) is 0 Å². The molecule has 3 aliphatic heterocycles. The maximum Gasteiger partial charge on any atom is 0.155 e. The lowest BCUT2D eigenvalue weighted by atomic mass is 10.1. The highest BCUT2D eigenvalue weighted by atomic mass is 32.2. The molecule has 0 N–H and O–H groups in total. The Labute approximate surface area is 93.8 Å². The quantitative estimate of drug-likeness (QED) is 0.524. The minimum Gasteiger partial charge on any atom is -0.367 e. The van der Waals surface area contributed by atoms with Gasteiger partial charge in [-0.15, -0.1) is 0 Å². The highest BCUT2D eigenvalue weighted by Crippen LogP contribution is 2.32. The molecule has 92 valence electrons. The molecule has 0 amide bonds. The van der Waals surface area contributed by atoms with Crippen molar-refractivity contribution in [3.63, 3.8) is 0 Å². The standard InChI is InChI=1S/C8H12O6S2/c9-15(10)1-5-6(2-15)14-8-4-16(11,12)3-7(8)13-5/h5-8H,1-4H2/t5-,6-,7+,8+. The molecular formula is C8H12O6S2. The molecule has 3 rings (SSSR count). The second kappa shape index (κ2) is 3.18. The van der Waals surface area contributed by atoms with Gasteiger partial charge in [0.05, 0.1) is 47.4 Å². The summed E-state index contributed by atoms with van der Waals surface area (Å²) < 4.78 is 56.5. The van der Waals surface area contributed by atoms with E-state index < -0.39 is 44.1 Å². The molecule has 0 radical (unpaired) electrons. The van der Waals surface area contributed by atoms with Gasteiger partial charge in [0.1, 0.15) is 0 Å². The largest absolute Gasteiger partial charge is 0.367 e. The molecule has 3 fully saturated rings. The third-order valence-electron chi connectivity index (χ3n) is 3.20. The van der Waals surface area contributed by atoms with E-state index in [0.29, 0.717) is 0 Å². The van der Waals surface area contributed by atoms with Gasteiger partial charge in [0.15, 0.2) is 19.7 Å². The molecule has 3 saturated heterocycles. The Morgan fingerprint density at radius 3 is 1.12 bits per heavy atom. The van der Waals surface area contributed by atoms with Crippen LogP contribution in [-0.4, -0.2) is 64.3 Å². The normalized spacial score (nSPS) is 48.5. The van der Waals surface area contributed by atoms with Gasteiger partial charge in [0, 0.05) is 0 Å². The summed E-state index contributed by atoms with van der Waals surface area (Å²) in [6.45, 7) is 0. The molecule has 0 spiro atoms. The highest BCUT2D eigenvalue weighted by Gasteiger charge is 2.51. The molecule has 3 heterocycles. The van der Waals surface area contributed by atoms with Crippen LogP contribution in [-0.2, 0) is 29.1 Å². The second-order valence-corrected chi connectivity index (χ2v) is 8.89. The first-order chi connectivity index (χ1) is 7.35. The van der Waals surface area contributed by atoms with E-state index in [0.717, 1.165) is 0 Å². The topological polar surface area (TPSA) is 86.7 Å². The molecule has 4 atom stereocenters. The molecule has 0 aromatic heterocycles. The summed E-state index contributed by atoms with van der Waals surface area (Å²) in [4.78, 5) is 0. The maximum atomic E-state index is 11.4. The Hall–Kier alpha value is -0.180. The van der Waals surface area contributed by atoms with Crippen molar-refractivity contribution in [2.45, 2.75) is 24.4 Å². The minimum absolute atomic E-state index is 0.0546. The van der Waals surface area contributed by atoms with Crippen molar-refractivity contribution in [3.8, 4) is 0 Å². The minimum atomic E-state index is -3.09. The Kier molecular flexibility index (Phi) is 2.18. The highest BCUT2D eigenvalue weighted by molar-refractivity contribution is 7.92. The van der Waals surface area contributed by atoms with Gasteiger partial charge in [-0.1, -0.05) is 0 Å². The third-order valence-corrected chi connectivity index (χ3v) is 6.55. The van der Waals surface area contributed by atoms with Crippen molar-refractivity contribution in [2.24, 2.45) is 0 Å². The lowest BCUT2D eigenvalue weighted by Gasteiger charge is -2.33. The van der Waals surface area contributed by atoms with E-state index in [1.807, 2.05) is 0 Å². The van der Waals surface area contributed by atoms with Gasteiger partial charge >= 0.3 is 0 Å². The summed E-state index contributed by atoms with van der Waals surface area (Å²) in [5, 5.41) is 0. The molecule has 3 aliphatic rings. The van der Waals surface area contributed by atoms with Crippen molar-refractivity contribution in [3.05, 3.63) is 0 Å². The van der Waals surface area contributed by atoms with Crippen LogP contribution in [0.2, 0.25) is 0 Å². The predicted octanol–water partition coefficient (Wildman–Crippen LogP) is -1.64. The molecule has 0 bridgehead atoms. The van der Waals surface area contributed by atoms with Crippen molar-refractivity contribution in [2.75, 3.05) is 23.0 Å². The van der Waals surface area contributed by atoms with E-state index in [1.165, 1.54) is 0 Å². The van der Waals surface area contributed by atoms with E-state index in [9.17, 15) is 16.8 Å². The SMILES string of the molecule is O=S1(=O)C[C@@H]2O[C@@H]3CS(=O)(=O)C[C@H]3O[C@H]2C1. The summed E-state index contributed by atoms with van der Waals surface area (Å²) in [5.74, 6) is -0.219. The first kappa shape index (κ1) is 10.9. The number of sulfone groups is 2. The zero-order valence-electron chi connectivity index (χ0n) is 8.40. The van der Waals surface area contributed by atoms with Gasteiger partial charge < -0.3 is 9.47 Å². The Bertz CT molecular complexity index is 427. The number of ether oxygens (including phenoxy) is 2. The Morgan fingerprint density at radius 1 is 0.625 bits per heavy atom. The summed E-state index contributed by atoms with van der Waals surface area (Å²) >= 11 is 0. The van der Waals surface area contributed by atoms with E-state index in [4.69, 9.17) is 9.47 Å². The summed E-state index contributed by atoms with van der Waals surface area (Å²) in [5.41, 5.74) is 0. The second-order valence-electron chi connectivity index (χ2n) is 4.58. The predicted molar refractivity (Wildman–Crippen MR) is 54.6 cm³/mol. The van der Waals surface area contributed by atoms with Crippen LogP contribution in [0.25, 0.3) is 0 Å². The third kappa shape index (κ3) is 1.77. The van der Waals surface area contributed by atoms with Crippen molar-refractivity contribution >= 4 is 19.7 Å². The molecule has 8 heteroatoms. The fourth-order valence-electron chi connectivity index (χ4n) is 2.52. The van der Waals surface area contributed by atoms with Crippen LogP contribution in [0.15, 0.2) is 0 Å². The number of hydrogen-bond donors (Lipinski definition) is 0. The van der Waals surface area contributed by atoms with Gasteiger partial charge in [0.25, 0.3) is 0 Å². The van der Waals surface area contributed by atoms with E-state index in [2.05, 4.69) is 0 Å². The average Bonchev–Trinajstić information content (AvgIpc) is 2.51. The molecule has 0 saturated carbocycles. The van der Waals surface area contributed by atoms with E-state index >= 15 is 0 Å². The monoisotopic (exact) mass is 268 g/mol. The fourth-order valence-corrected chi connectivity index (χ4v) is 5.97. The fraction of sp³-hybridized carbons (Fsp3) is 1.00. The average molecular weight is 268 g/mol. The van der Waals surface area contributed by atoms with E-state index in [-0.39, 0.29) is 23.0 Å². The smallest absolute Gasteiger partial charge is 0.155 e. The van der Waals surface area contributed by atoms with Gasteiger partial charge in [-0.3, -0.25) is 0 Å².